The Hall–Kier alpha value is -2.41. The molecule has 1 amide bonds. The molecule has 0 saturated carbocycles. The molecule has 0 aliphatic carbocycles. The molecule has 0 spiro atoms. The summed E-state index contributed by atoms with van der Waals surface area (Å²) in [5.74, 6) is -0.577. The van der Waals surface area contributed by atoms with Crippen molar-refractivity contribution in [2.75, 3.05) is 32.5 Å². The van der Waals surface area contributed by atoms with E-state index in [1.807, 2.05) is 18.0 Å². The van der Waals surface area contributed by atoms with E-state index < -0.39 is 16.0 Å². The standard InChI is InChI=1S/C17H22N4O4S/c1-20-9-7-15(8-10-20)21(2)12-13(11-18)17(22)19-14-3-5-16(6-4-14)26(23,24)25/h3-6,12,15H,7-10H2,1-2H3,(H,19,22)(H,23,24,25)/b13-12-. The number of nitrogens with one attached hydrogen (secondary N) is 1. The number of hydrogen-bond donors (Lipinski definition) is 2. The van der Waals surface area contributed by atoms with Crippen molar-refractivity contribution in [1.29, 1.82) is 5.26 Å². The van der Waals surface area contributed by atoms with Crippen LogP contribution in [0.4, 0.5) is 5.69 Å². The molecule has 1 aliphatic heterocycles. The average molecular weight is 378 g/mol. The molecule has 2 rings (SSSR count). The highest BCUT2D eigenvalue weighted by Gasteiger charge is 2.20. The van der Waals surface area contributed by atoms with Gasteiger partial charge in [0, 0.05) is 25.0 Å². The first kappa shape index (κ1) is 19.9. The van der Waals surface area contributed by atoms with E-state index in [0.717, 1.165) is 25.9 Å². The van der Waals surface area contributed by atoms with Crippen LogP contribution < -0.4 is 5.32 Å². The van der Waals surface area contributed by atoms with Gasteiger partial charge in [-0.15, -0.1) is 0 Å². The van der Waals surface area contributed by atoms with Gasteiger partial charge in [-0.25, -0.2) is 0 Å². The lowest BCUT2D eigenvalue weighted by atomic mass is 10.0. The Balaban J connectivity index is 2.05. The Morgan fingerprint density at radius 3 is 2.42 bits per heavy atom. The van der Waals surface area contributed by atoms with Crippen molar-refractivity contribution in [1.82, 2.24) is 9.80 Å². The zero-order valence-corrected chi connectivity index (χ0v) is 15.5. The van der Waals surface area contributed by atoms with Crippen molar-refractivity contribution in [3.8, 4) is 6.07 Å². The number of amides is 1. The zero-order chi connectivity index (χ0) is 19.3. The maximum absolute atomic E-state index is 12.3. The highest BCUT2D eigenvalue weighted by molar-refractivity contribution is 7.85. The number of hydrogen-bond acceptors (Lipinski definition) is 6. The molecule has 1 saturated heterocycles. The van der Waals surface area contributed by atoms with Gasteiger partial charge >= 0.3 is 0 Å². The van der Waals surface area contributed by atoms with E-state index in [-0.39, 0.29) is 16.5 Å². The number of piperidine rings is 1. The molecule has 1 heterocycles. The summed E-state index contributed by atoms with van der Waals surface area (Å²) in [7, 11) is -0.376. The Morgan fingerprint density at radius 1 is 1.35 bits per heavy atom. The van der Waals surface area contributed by atoms with Gasteiger partial charge in [0.2, 0.25) is 0 Å². The quantitative estimate of drug-likeness (QED) is 0.451. The molecule has 0 radical (unpaired) electrons. The summed E-state index contributed by atoms with van der Waals surface area (Å²) in [6, 6.07) is 7.20. The molecule has 0 bridgehead atoms. The fourth-order valence-electron chi connectivity index (χ4n) is 2.76. The van der Waals surface area contributed by atoms with Gasteiger partial charge in [-0.05, 0) is 57.2 Å². The first-order chi connectivity index (χ1) is 12.2. The molecule has 1 aliphatic rings. The zero-order valence-electron chi connectivity index (χ0n) is 14.7. The SMILES string of the molecule is CN1CCC(N(C)/C=C(/C#N)C(=O)Nc2ccc(S(=O)(=O)O)cc2)CC1. The summed E-state index contributed by atoms with van der Waals surface area (Å²) < 4.78 is 31.0. The minimum Gasteiger partial charge on any atom is -0.376 e. The van der Waals surface area contributed by atoms with Gasteiger partial charge in [-0.1, -0.05) is 0 Å². The fraction of sp³-hybridized carbons (Fsp3) is 0.412. The van der Waals surface area contributed by atoms with Crippen molar-refractivity contribution in [2.45, 2.75) is 23.8 Å². The molecule has 8 nitrogen and oxygen atoms in total. The summed E-state index contributed by atoms with van der Waals surface area (Å²) in [4.78, 5) is 16.2. The van der Waals surface area contributed by atoms with Gasteiger partial charge in [0.15, 0.2) is 0 Å². The maximum Gasteiger partial charge on any atom is 0.294 e. The van der Waals surface area contributed by atoms with E-state index in [4.69, 9.17) is 4.55 Å². The number of carbonyl (C=O) groups is 1. The number of nitriles is 1. The van der Waals surface area contributed by atoms with E-state index >= 15 is 0 Å². The lowest BCUT2D eigenvalue weighted by Crippen LogP contribution is -2.40. The number of anilines is 1. The van der Waals surface area contributed by atoms with Crippen molar-refractivity contribution >= 4 is 21.7 Å². The van der Waals surface area contributed by atoms with Crippen molar-refractivity contribution in [3.63, 3.8) is 0 Å². The predicted molar refractivity (Wildman–Crippen MR) is 96.9 cm³/mol. The molecule has 1 fully saturated rings. The molecule has 140 valence electrons. The molecule has 0 atom stereocenters. The average Bonchev–Trinajstić information content (AvgIpc) is 2.59. The van der Waals surface area contributed by atoms with E-state index in [1.165, 1.54) is 30.5 Å². The molecular formula is C17H22N4O4S. The van der Waals surface area contributed by atoms with Crippen LogP contribution in [0.2, 0.25) is 0 Å². The van der Waals surface area contributed by atoms with Crippen LogP contribution in [0.1, 0.15) is 12.8 Å². The first-order valence-corrected chi connectivity index (χ1v) is 9.56. The molecule has 1 aromatic rings. The van der Waals surface area contributed by atoms with Crippen molar-refractivity contribution < 1.29 is 17.8 Å². The highest BCUT2D eigenvalue weighted by Crippen LogP contribution is 2.17. The first-order valence-electron chi connectivity index (χ1n) is 8.12. The molecule has 0 unspecified atom stereocenters. The van der Waals surface area contributed by atoms with Crippen LogP contribution >= 0.6 is 0 Å². The maximum atomic E-state index is 12.3. The van der Waals surface area contributed by atoms with Gasteiger partial charge in [-0.2, -0.15) is 13.7 Å². The smallest absolute Gasteiger partial charge is 0.294 e. The minimum absolute atomic E-state index is 0.0368. The molecule has 2 N–H and O–H groups in total. The molecule has 9 heteroatoms. The van der Waals surface area contributed by atoms with E-state index in [2.05, 4.69) is 17.3 Å². The Kier molecular flexibility index (Phi) is 6.37. The summed E-state index contributed by atoms with van der Waals surface area (Å²) in [5, 5.41) is 11.8. The topological polar surface area (TPSA) is 114 Å². The molecule has 1 aromatic carbocycles. The number of carbonyl (C=O) groups excluding carboxylic acids is 1. The number of nitrogens with zero attached hydrogens (tertiary/aromatic N) is 3. The Morgan fingerprint density at radius 2 is 1.92 bits per heavy atom. The fourth-order valence-corrected chi connectivity index (χ4v) is 3.24. The summed E-state index contributed by atoms with van der Waals surface area (Å²) >= 11 is 0. The highest BCUT2D eigenvalue weighted by atomic mass is 32.2. The van der Waals surface area contributed by atoms with Gasteiger partial charge in [0.25, 0.3) is 16.0 Å². The van der Waals surface area contributed by atoms with Gasteiger partial charge < -0.3 is 15.1 Å². The van der Waals surface area contributed by atoms with E-state index in [0.29, 0.717) is 5.69 Å². The molecule has 0 aromatic heterocycles. The van der Waals surface area contributed by atoms with Crippen LogP contribution in [0.3, 0.4) is 0 Å². The van der Waals surface area contributed by atoms with Crippen molar-refractivity contribution in [3.05, 3.63) is 36.0 Å². The second-order valence-corrected chi connectivity index (χ2v) is 7.73. The number of rotatable bonds is 5. The molecular weight excluding hydrogens is 356 g/mol. The second-order valence-electron chi connectivity index (χ2n) is 6.31. The summed E-state index contributed by atoms with van der Waals surface area (Å²) in [6.07, 6.45) is 3.46. The van der Waals surface area contributed by atoms with Crippen LogP contribution in [0, 0.1) is 11.3 Å². The van der Waals surface area contributed by atoms with Crippen molar-refractivity contribution in [2.24, 2.45) is 0 Å². The van der Waals surface area contributed by atoms with Crippen LogP contribution in [0.25, 0.3) is 0 Å². The summed E-state index contributed by atoms with van der Waals surface area (Å²) in [5.41, 5.74) is 0.288. The second kappa shape index (κ2) is 8.31. The van der Waals surface area contributed by atoms with Crippen LogP contribution in [-0.4, -0.2) is 61.9 Å². The Bertz CT molecular complexity index is 819. The Labute approximate surface area is 153 Å². The normalized spacial score (nSPS) is 16.8. The van der Waals surface area contributed by atoms with E-state index in [1.54, 1.807) is 0 Å². The van der Waals surface area contributed by atoms with Crippen LogP contribution in [0.5, 0.6) is 0 Å². The van der Waals surface area contributed by atoms with Crippen LogP contribution in [-0.2, 0) is 14.9 Å². The van der Waals surface area contributed by atoms with Gasteiger partial charge in [0.05, 0.1) is 4.90 Å². The molecule has 26 heavy (non-hydrogen) atoms. The number of benzene rings is 1. The monoisotopic (exact) mass is 378 g/mol. The summed E-state index contributed by atoms with van der Waals surface area (Å²) in [6.45, 7) is 1.94. The largest absolute Gasteiger partial charge is 0.376 e. The minimum atomic E-state index is -4.29. The number of likely N-dealkylation sites (tertiary alicyclic amines) is 1. The third kappa shape index (κ3) is 5.29. The lowest BCUT2D eigenvalue weighted by molar-refractivity contribution is -0.112. The third-order valence-electron chi connectivity index (χ3n) is 4.37. The third-order valence-corrected chi connectivity index (χ3v) is 5.24. The lowest BCUT2D eigenvalue weighted by Gasteiger charge is -2.34. The van der Waals surface area contributed by atoms with Crippen LogP contribution in [0.15, 0.2) is 40.9 Å². The van der Waals surface area contributed by atoms with E-state index in [9.17, 15) is 18.5 Å². The predicted octanol–water partition coefficient (Wildman–Crippen LogP) is 1.31. The van der Waals surface area contributed by atoms with Gasteiger partial charge in [-0.3, -0.25) is 9.35 Å². The van der Waals surface area contributed by atoms with Gasteiger partial charge in [0.1, 0.15) is 11.6 Å².